The Hall–Kier alpha value is -4.56. The summed E-state index contributed by atoms with van der Waals surface area (Å²) in [5.74, 6) is -0.797. The van der Waals surface area contributed by atoms with Crippen LogP contribution in [0.15, 0.2) is 42.6 Å². The van der Waals surface area contributed by atoms with Crippen LogP contribution in [0.1, 0.15) is 68.1 Å². The second kappa shape index (κ2) is 9.72. The molecule has 2 saturated carbocycles. The molecule has 0 radical (unpaired) electrons. The Labute approximate surface area is 254 Å². The molecule has 2 aromatic heterocycles. The van der Waals surface area contributed by atoms with Crippen LogP contribution < -0.4 is 10.2 Å². The van der Waals surface area contributed by atoms with Crippen LogP contribution in [-0.2, 0) is 11.3 Å². The van der Waals surface area contributed by atoms with Crippen molar-refractivity contribution in [2.45, 2.75) is 64.7 Å². The molecule has 2 spiro atoms. The van der Waals surface area contributed by atoms with E-state index in [0.29, 0.717) is 5.82 Å². The number of halogens is 1. The third kappa shape index (κ3) is 4.74. The number of rotatable bonds is 4. The predicted octanol–water partition coefficient (Wildman–Crippen LogP) is 5.53. The van der Waals surface area contributed by atoms with E-state index in [1.54, 1.807) is 33.0 Å². The summed E-state index contributed by atoms with van der Waals surface area (Å²) in [4.78, 5) is 39.0. The number of benzene rings is 1. The molecule has 10 nitrogen and oxygen atoms in total. The first-order chi connectivity index (χ1) is 20.9. The number of nitrogens with zero attached hydrogens (tertiary/aromatic N) is 5. The number of imide groups is 1. The van der Waals surface area contributed by atoms with Gasteiger partial charge in [0.25, 0.3) is 5.91 Å². The number of aromatic nitrogens is 2. The molecule has 44 heavy (non-hydrogen) atoms. The lowest BCUT2D eigenvalue weighted by atomic mass is 9.80. The highest BCUT2D eigenvalue weighted by molar-refractivity contribution is 6.10. The standard InChI is InChI=1S/C33H33FN6O4/c1-31(2,3)44-30(43)40-16-24-27(28(40)41)23(13-22(37-24)26-19(14-35)5-4-6-21(26)34)38-25-8-7-20(15-36-25)39-17-32(9-10-32)29(42)33(18-39)11-12-33/h4-8,13,15,29,42H,9-12,16-18H2,1-3H3,(H,36,37,38). The molecule has 7 rings (SSSR count). The maximum Gasteiger partial charge on any atom is 0.417 e. The minimum Gasteiger partial charge on any atom is -0.443 e. The van der Waals surface area contributed by atoms with Gasteiger partial charge in [-0.15, -0.1) is 0 Å². The summed E-state index contributed by atoms with van der Waals surface area (Å²) in [5.41, 5.74) is 1.02. The van der Waals surface area contributed by atoms with Crippen LogP contribution in [0.3, 0.4) is 0 Å². The van der Waals surface area contributed by atoms with E-state index >= 15 is 4.39 Å². The number of carbonyl (C=O) groups excluding carboxylic acids is 2. The second-order valence-corrected chi connectivity index (χ2v) is 13.5. The average molecular weight is 597 g/mol. The first kappa shape index (κ1) is 28.2. The van der Waals surface area contributed by atoms with Crippen LogP contribution in [0, 0.1) is 28.0 Å². The van der Waals surface area contributed by atoms with Gasteiger partial charge in [-0.05, 0) is 76.8 Å². The summed E-state index contributed by atoms with van der Waals surface area (Å²) >= 11 is 0. The van der Waals surface area contributed by atoms with E-state index < -0.39 is 23.4 Å². The number of aliphatic hydroxyl groups is 1. The van der Waals surface area contributed by atoms with Gasteiger partial charge in [-0.2, -0.15) is 5.26 Å². The normalized spacial score (nSPS) is 19.6. The van der Waals surface area contributed by atoms with Crippen molar-refractivity contribution in [3.63, 3.8) is 0 Å². The Morgan fingerprint density at radius 2 is 1.84 bits per heavy atom. The number of anilines is 3. The fraction of sp³-hybridized carbons (Fsp3) is 0.424. The van der Waals surface area contributed by atoms with Gasteiger partial charge in [-0.3, -0.25) is 4.79 Å². The molecule has 0 atom stereocenters. The molecule has 2 aliphatic heterocycles. The molecule has 11 heteroatoms. The highest BCUT2D eigenvalue weighted by Crippen LogP contribution is 2.65. The SMILES string of the molecule is CC(C)(C)OC(=O)N1Cc2nc(-c3c(F)cccc3C#N)cc(Nc3ccc(N4CC5(CC5)C(O)C5(CC5)C4)cn3)c2C1=O. The van der Waals surface area contributed by atoms with Crippen molar-refractivity contribution in [3.8, 4) is 17.3 Å². The largest absolute Gasteiger partial charge is 0.443 e. The molecular weight excluding hydrogens is 563 g/mol. The highest BCUT2D eigenvalue weighted by Gasteiger charge is 2.65. The minimum absolute atomic E-state index is 0.00243. The van der Waals surface area contributed by atoms with Crippen LogP contribution in [-0.4, -0.2) is 56.8 Å². The Morgan fingerprint density at radius 1 is 1.14 bits per heavy atom. The van der Waals surface area contributed by atoms with Crippen LogP contribution in [0.5, 0.6) is 0 Å². The number of ether oxygens (including phenoxy) is 1. The minimum atomic E-state index is -0.822. The summed E-state index contributed by atoms with van der Waals surface area (Å²) < 4.78 is 20.5. The van der Waals surface area contributed by atoms with Crippen molar-refractivity contribution in [2.75, 3.05) is 23.3 Å². The quantitative estimate of drug-likeness (QED) is 0.399. The third-order valence-electron chi connectivity index (χ3n) is 9.20. The zero-order chi connectivity index (χ0) is 31.0. The molecule has 3 fully saturated rings. The number of carbonyl (C=O) groups is 2. The zero-order valence-electron chi connectivity index (χ0n) is 24.9. The number of nitriles is 1. The Balaban J connectivity index is 1.22. The van der Waals surface area contributed by atoms with Crippen LogP contribution in [0.4, 0.5) is 26.4 Å². The van der Waals surface area contributed by atoms with Gasteiger partial charge in [-0.1, -0.05) is 6.07 Å². The van der Waals surface area contributed by atoms with Crippen LogP contribution in [0.25, 0.3) is 11.3 Å². The first-order valence-corrected chi connectivity index (χ1v) is 14.9. The van der Waals surface area contributed by atoms with Gasteiger partial charge in [0.1, 0.15) is 17.2 Å². The maximum absolute atomic E-state index is 15.1. The van der Waals surface area contributed by atoms with Crippen LogP contribution in [0.2, 0.25) is 0 Å². The van der Waals surface area contributed by atoms with Crippen molar-refractivity contribution in [1.82, 2.24) is 14.9 Å². The molecule has 2 amide bonds. The lowest BCUT2D eigenvalue weighted by Crippen LogP contribution is -2.52. The highest BCUT2D eigenvalue weighted by atomic mass is 19.1. The molecule has 1 saturated heterocycles. The molecule has 3 aromatic rings. The van der Waals surface area contributed by atoms with E-state index in [1.807, 2.05) is 12.1 Å². The van der Waals surface area contributed by atoms with Gasteiger partial charge >= 0.3 is 6.09 Å². The molecule has 0 unspecified atom stereocenters. The molecule has 226 valence electrons. The Kier molecular flexibility index (Phi) is 6.24. The van der Waals surface area contributed by atoms with Gasteiger partial charge in [0.2, 0.25) is 0 Å². The number of piperidine rings is 1. The molecular formula is C33H33FN6O4. The van der Waals surface area contributed by atoms with Crippen LogP contribution >= 0.6 is 0 Å². The number of aliphatic hydroxyl groups excluding tert-OH is 1. The predicted molar refractivity (Wildman–Crippen MR) is 160 cm³/mol. The number of hydrogen-bond acceptors (Lipinski definition) is 9. The van der Waals surface area contributed by atoms with Gasteiger partial charge < -0.3 is 20.1 Å². The second-order valence-electron chi connectivity index (χ2n) is 13.5. The molecule has 4 aliphatic rings. The van der Waals surface area contributed by atoms with E-state index in [9.17, 15) is 20.0 Å². The summed E-state index contributed by atoms with van der Waals surface area (Å²) in [6.07, 6.45) is 4.88. The first-order valence-electron chi connectivity index (χ1n) is 14.9. The van der Waals surface area contributed by atoms with Crippen molar-refractivity contribution >= 4 is 29.2 Å². The number of pyridine rings is 2. The summed E-state index contributed by atoms with van der Waals surface area (Å²) in [7, 11) is 0. The van der Waals surface area contributed by atoms with Gasteiger partial charge in [-0.25, -0.2) is 24.1 Å². The van der Waals surface area contributed by atoms with Crippen molar-refractivity contribution < 1.29 is 23.8 Å². The van der Waals surface area contributed by atoms with E-state index in [-0.39, 0.29) is 57.2 Å². The van der Waals surface area contributed by atoms with Gasteiger partial charge in [0.15, 0.2) is 0 Å². The fourth-order valence-corrected chi connectivity index (χ4v) is 6.67. The topological polar surface area (TPSA) is 132 Å². The summed E-state index contributed by atoms with van der Waals surface area (Å²) in [6.45, 7) is 6.55. The lowest BCUT2D eigenvalue weighted by Gasteiger charge is -2.44. The number of amides is 2. The van der Waals surface area contributed by atoms with E-state index in [4.69, 9.17) is 4.74 Å². The molecule has 1 aromatic carbocycles. The zero-order valence-corrected chi connectivity index (χ0v) is 24.9. The molecule has 0 bridgehead atoms. The van der Waals surface area contributed by atoms with E-state index in [2.05, 4.69) is 20.2 Å². The van der Waals surface area contributed by atoms with Crippen molar-refractivity contribution in [1.29, 1.82) is 5.26 Å². The molecule has 2 aliphatic carbocycles. The summed E-state index contributed by atoms with van der Waals surface area (Å²) in [6, 6.07) is 11.5. The fourth-order valence-electron chi connectivity index (χ4n) is 6.67. The maximum atomic E-state index is 15.1. The molecule has 2 N–H and O–H groups in total. The lowest BCUT2D eigenvalue weighted by molar-refractivity contribution is 0.0105. The van der Waals surface area contributed by atoms with E-state index in [1.165, 1.54) is 24.3 Å². The number of nitrogens with one attached hydrogen (secondary N) is 1. The monoisotopic (exact) mass is 596 g/mol. The Bertz CT molecular complexity index is 1710. The Morgan fingerprint density at radius 3 is 2.43 bits per heavy atom. The van der Waals surface area contributed by atoms with Gasteiger partial charge in [0, 0.05) is 23.9 Å². The van der Waals surface area contributed by atoms with Crippen molar-refractivity contribution in [3.05, 3.63) is 65.2 Å². The van der Waals surface area contributed by atoms with E-state index in [0.717, 1.165) is 49.4 Å². The number of hydrogen-bond donors (Lipinski definition) is 2. The third-order valence-corrected chi connectivity index (χ3v) is 9.20. The van der Waals surface area contributed by atoms with Gasteiger partial charge in [0.05, 0.1) is 64.4 Å². The number of fused-ring (bicyclic) bond motifs is 1. The molecule has 4 heterocycles. The smallest absolute Gasteiger partial charge is 0.417 e. The van der Waals surface area contributed by atoms with Crippen molar-refractivity contribution in [2.24, 2.45) is 10.8 Å². The summed E-state index contributed by atoms with van der Waals surface area (Å²) in [5, 5.41) is 23.8. The average Bonchev–Trinajstić information content (AvgIpc) is 3.90.